The SMILES string of the molecule is COc1ccc(CCNC(=O)N2CCN(c3ccccc3Cl)CC2)cc1. The Bertz CT molecular complexity index is 728. The van der Waals surface area contributed by atoms with Crippen molar-refractivity contribution in [1.82, 2.24) is 10.2 Å². The number of para-hydroxylation sites is 1. The Morgan fingerprint density at radius 1 is 1.08 bits per heavy atom. The third-order valence-electron chi connectivity index (χ3n) is 4.61. The zero-order chi connectivity index (χ0) is 18.4. The van der Waals surface area contributed by atoms with E-state index in [9.17, 15) is 4.79 Å². The van der Waals surface area contributed by atoms with Crippen LogP contribution in [-0.2, 0) is 6.42 Å². The molecule has 5 nitrogen and oxygen atoms in total. The van der Waals surface area contributed by atoms with Gasteiger partial charge in [0.15, 0.2) is 0 Å². The zero-order valence-corrected chi connectivity index (χ0v) is 15.7. The van der Waals surface area contributed by atoms with Gasteiger partial charge in [0.05, 0.1) is 17.8 Å². The zero-order valence-electron chi connectivity index (χ0n) is 15.0. The van der Waals surface area contributed by atoms with Gasteiger partial charge in [0.2, 0.25) is 0 Å². The van der Waals surface area contributed by atoms with Crippen molar-refractivity contribution >= 4 is 23.3 Å². The van der Waals surface area contributed by atoms with Crippen LogP contribution in [0, 0.1) is 0 Å². The van der Waals surface area contributed by atoms with Crippen molar-refractivity contribution in [3.63, 3.8) is 0 Å². The van der Waals surface area contributed by atoms with Crippen LogP contribution in [0.25, 0.3) is 0 Å². The first-order valence-electron chi connectivity index (χ1n) is 8.82. The molecule has 0 spiro atoms. The van der Waals surface area contributed by atoms with Crippen molar-refractivity contribution < 1.29 is 9.53 Å². The first kappa shape index (κ1) is 18.4. The van der Waals surface area contributed by atoms with Crippen molar-refractivity contribution in [3.05, 3.63) is 59.1 Å². The molecule has 2 aromatic rings. The molecule has 1 N–H and O–H groups in total. The van der Waals surface area contributed by atoms with Gasteiger partial charge in [-0.05, 0) is 36.2 Å². The predicted octanol–water partition coefficient (Wildman–Crippen LogP) is 3.42. The minimum Gasteiger partial charge on any atom is -0.497 e. The lowest BCUT2D eigenvalue weighted by Gasteiger charge is -2.36. The fourth-order valence-corrected chi connectivity index (χ4v) is 3.33. The highest BCUT2D eigenvalue weighted by molar-refractivity contribution is 6.33. The number of hydrogen-bond donors (Lipinski definition) is 1. The number of rotatable bonds is 5. The van der Waals surface area contributed by atoms with Crippen LogP contribution in [0.4, 0.5) is 10.5 Å². The number of amides is 2. The van der Waals surface area contributed by atoms with E-state index in [2.05, 4.69) is 10.2 Å². The number of methoxy groups -OCH3 is 1. The van der Waals surface area contributed by atoms with Crippen molar-refractivity contribution in [1.29, 1.82) is 0 Å². The Hall–Kier alpha value is -2.40. The molecule has 2 aromatic carbocycles. The molecule has 1 heterocycles. The summed E-state index contributed by atoms with van der Waals surface area (Å²) in [7, 11) is 1.65. The average Bonchev–Trinajstić information content (AvgIpc) is 2.69. The fraction of sp³-hybridized carbons (Fsp3) is 0.350. The summed E-state index contributed by atoms with van der Waals surface area (Å²) in [5.41, 5.74) is 2.21. The van der Waals surface area contributed by atoms with Crippen molar-refractivity contribution in [2.24, 2.45) is 0 Å². The maximum Gasteiger partial charge on any atom is 0.317 e. The molecule has 0 unspecified atom stereocenters. The predicted molar refractivity (Wildman–Crippen MR) is 105 cm³/mol. The molecule has 1 saturated heterocycles. The van der Waals surface area contributed by atoms with Crippen LogP contribution in [0.5, 0.6) is 5.75 Å². The highest BCUT2D eigenvalue weighted by Gasteiger charge is 2.21. The van der Waals surface area contributed by atoms with Crippen molar-refractivity contribution in [3.8, 4) is 5.75 Å². The summed E-state index contributed by atoms with van der Waals surface area (Å²) in [5, 5.41) is 3.76. The Kier molecular flexibility index (Phi) is 6.23. The summed E-state index contributed by atoms with van der Waals surface area (Å²) in [6, 6.07) is 15.7. The summed E-state index contributed by atoms with van der Waals surface area (Å²) in [6.45, 7) is 3.58. The van der Waals surface area contributed by atoms with Crippen LogP contribution < -0.4 is 15.0 Å². The topological polar surface area (TPSA) is 44.8 Å². The number of nitrogens with one attached hydrogen (secondary N) is 1. The lowest BCUT2D eigenvalue weighted by Crippen LogP contribution is -2.52. The average molecular weight is 374 g/mol. The van der Waals surface area contributed by atoms with Crippen LogP contribution >= 0.6 is 11.6 Å². The summed E-state index contributed by atoms with van der Waals surface area (Å²) in [5.74, 6) is 0.842. The standard InChI is InChI=1S/C20H24ClN3O2/c1-26-17-8-6-16(7-9-17)10-11-22-20(25)24-14-12-23(13-15-24)19-5-3-2-4-18(19)21/h2-9H,10-15H2,1H3,(H,22,25). The summed E-state index contributed by atoms with van der Waals surface area (Å²) in [6.07, 6.45) is 0.801. The molecule has 0 saturated carbocycles. The van der Waals surface area contributed by atoms with Crippen LogP contribution in [0.2, 0.25) is 5.02 Å². The van der Waals surface area contributed by atoms with E-state index in [0.717, 1.165) is 36.0 Å². The van der Waals surface area contributed by atoms with E-state index < -0.39 is 0 Å². The molecular weight excluding hydrogens is 350 g/mol. The van der Waals surface area contributed by atoms with Gasteiger partial charge < -0.3 is 19.9 Å². The van der Waals surface area contributed by atoms with E-state index in [4.69, 9.17) is 16.3 Å². The first-order chi connectivity index (χ1) is 12.7. The third kappa shape index (κ3) is 4.61. The van der Waals surface area contributed by atoms with E-state index in [0.29, 0.717) is 19.6 Å². The lowest BCUT2D eigenvalue weighted by molar-refractivity contribution is 0.194. The second kappa shape index (κ2) is 8.81. The smallest absolute Gasteiger partial charge is 0.317 e. The molecule has 0 bridgehead atoms. The van der Waals surface area contributed by atoms with Gasteiger partial charge in [-0.2, -0.15) is 0 Å². The van der Waals surface area contributed by atoms with Gasteiger partial charge in [-0.25, -0.2) is 4.79 Å². The summed E-state index contributed by atoms with van der Waals surface area (Å²) >= 11 is 6.26. The van der Waals surface area contributed by atoms with Crippen LogP contribution in [0.1, 0.15) is 5.56 Å². The molecule has 138 valence electrons. The molecule has 26 heavy (non-hydrogen) atoms. The Balaban J connectivity index is 1.43. The lowest BCUT2D eigenvalue weighted by atomic mass is 10.1. The molecule has 1 aliphatic rings. The molecule has 1 fully saturated rings. The normalized spacial score (nSPS) is 14.2. The van der Waals surface area contributed by atoms with E-state index in [1.54, 1.807) is 7.11 Å². The number of benzene rings is 2. The summed E-state index contributed by atoms with van der Waals surface area (Å²) in [4.78, 5) is 16.4. The number of piperazine rings is 1. The minimum absolute atomic E-state index is 0.00248. The number of urea groups is 1. The van der Waals surface area contributed by atoms with Crippen LogP contribution in [0.3, 0.4) is 0 Å². The van der Waals surface area contributed by atoms with Gasteiger partial charge in [0, 0.05) is 32.7 Å². The summed E-state index contributed by atoms with van der Waals surface area (Å²) < 4.78 is 5.15. The van der Waals surface area contributed by atoms with E-state index in [1.807, 2.05) is 53.4 Å². The van der Waals surface area contributed by atoms with Gasteiger partial charge in [0.1, 0.15) is 5.75 Å². The first-order valence-corrected chi connectivity index (χ1v) is 9.20. The number of halogens is 1. The van der Waals surface area contributed by atoms with Gasteiger partial charge in [0.25, 0.3) is 0 Å². The van der Waals surface area contributed by atoms with Crippen molar-refractivity contribution in [2.45, 2.75) is 6.42 Å². The molecule has 0 aromatic heterocycles. The van der Waals surface area contributed by atoms with Gasteiger partial charge in [-0.1, -0.05) is 35.9 Å². The fourth-order valence-electron chi connectivity index (χ4n) is 3.08. The molecule has 0 aliphatic carbocycles. The molecular formula is C20H24ClN3O2. The molecule has 2 amide bonds. The number of nitrogens with zero attached hydrogens (tertiary/aromatic N) is 2. The maximum atomic E-state index is 12.3. The second-order valence-electron chi connectivity index (χ2n) is 6.26. The van der Waals surface area contributed by atoms with Crippen LogP contribution in [0.15, 0.2) is 48.5 Å². The second-order valence-corrected chi connectivity index (χ2v) is 6.66. The number of carbonyl (C=O) groups is 1. The number of ether oxygens (including phenoxy) is 1. The molecule has 6 heteroatoms. The Morgan fingerprint density at radius 2 is 1.77 bits per heavy atom. The molecule has 1 aliphatic heterocycles. The van der Waals surface area contributed by atoms with E-state index in [1.165, 1.54) is 5.56 Å². The van der Waals surface area contributed by atoms with Gasteiger partial charge >= 0.3 is 6.03 Å². The third-order valence-corrected chi connectivity index (χ3v) is 4.93. The minimum atomic E-state index is -0.00248. The van der Waals surface area contributed by atoms with Crippen molar-refractivity contribution in [2.75, 3.05) is 44.7 Å². The Morgan fingerprint density at radius 3 is 2.42 bits per heavy atom. The molecule has 3 rings (SSSR count). The maximum absolute atomic E-state index is 12.3. The number of hydrogen-bond acceptors (Lipinski definition) is 3. The molecule has 0 radical (unpaired) electrons. The monoisotopic (exact) mass is 373 g/mol. The number of carbonyl (C=O) groups excluding carboxylic acids is 1. The van der Waals surface area contributed by atoms with Gasteiger partial charge in [-0.3, -0.25) is 0 Å². The Labute approximate surface area is 159 Å². The van der Waals surface area contributed by atoms with Crippen LogP contribution in [-0.4, -0.2) is 50.8 Å². The quantitative estimate of drug-likeness (QED) is 0.873. The number of anilines is 1. The van der Waals surface area contributed by atoms with E-state index >= 15 is 0 Å². The van der Waals surface area contributed by atoms with Gasteiger partial charge in [-0.15, -0.1) is 0 Å². The van der Waals surface area contributed by atoms with E-state index in [-0.39, 0.29) is 6.03 Å². The largest absolute Gasteiger partial charge is 0.497 e. The highest BCUT2D eigenvalue weighted by atomic mass is 35.5. The molecule has 0 atom stereocenters. The highest BCUT2D eigenvalue weighted by Crippen LogP contribution is 2.25.